The van der Waals surface area contributed by atoms with E-state index in [1.807, 2.05) is 0 Å². The minimum absolute atomic E-state index is 0.0286. The Balaban J connectivity index is 1.80. The summed E-state index contributed by atoms with van der Waals surface area (Å²) in [6, 6.07) is 6.41. The van der Waals surface area contributed by atoms with Crippen LogP contribution < -0.4 is 11.1 Å². The molecule has 4 N–H and O–H groups in total. The Labute approximate surface area is 156 Å². The maximum absolute atomic E-state index is 12.8. The number of nitrogens with two attached hydrogens (primary N) is 1. The molecule has 1 saturated heterocycles. The summed E-state index contributed by atoms with van der Waals surface area (Å²) in [4.78, 5) is 24.3. The third-order valence-corrected chi connectivity index (χ3v) is 4.61. The third-order valence-electron chi connectivity index (χ3n) is 4.38. The predicted octanol–water partition coefficient (Wildman–Crippen LogP) is 2.65. The Bertz CT molecular complexity index is 786. The number of nitrogens with one attached hydrogen (secondary N) is 2. The molecule has 1 aliphatic rings. The number of nitrogens with zero attached hydrogens (tertiary/aromatic N) is 1. The molecular formula is C18H21ClN4O3. The largest absolute Gasteiger partial charge is 0.372 e. The van der Waals surface area contributed by atoms with E-state index in [9.17, 15) is 9.59 Å². The molecule has 0 radical (unpaired) electrons. The molecule has 1 fully saturated rings. The number of primary amides is 1. The molecule has 138 valence electrons. The van der Waals surface area contributed by atoms with Gasteiger partial charge in [-0.2, -0.15) is 5.10 Å². The Kier molecular flexibility index (Phi) is 5.90. The van der Waals surface area contributed by atoms with Crippen LogP contribution in [0, 0.1) is 0 Å². The average molecular weight is 377 g/mol. The van der Waals surface area contributed by atoms with E-state index in [0.717, 1.165) is 19.3 Å². The van der Waals surface area contributed by atoms with E-state index in [-0.39, 0.29) is 18.4 Å². The lowest BCUT2D eigenvalue weighted by molar-refractivity contribution is -0.118. The van der Waals surface area contributed by atoms with Crippen LogP contribution in [0.25, 0.3) is 0 Å². The van der Waals surface area contributed by atoms with Crippen LogP contribution >= 0.6 is 11.6 Å². The Hall–Kier alpha value is -2.38. The molecule has 0 bridgehead atoms. The molecule has 2 heterocycles. The average Bonchev–Trinajstić information content (AvgIpc) is 3.11. The van der Waals surface area contributed by atoms with Gasteiger partial charge in [-0.15, -0.1) is 0 Å². The standard InChI is InChI=1S/C18H21ClN4O3/c19-12-5-3-4-11(8-12)14(9-16(20)24)22-18(25)13-10-21-23-17(13)15-6-1-2-7-26-15/h3-5,8,10,14-15H,1-2,6-7,9H2,(H2,20,24)(H,21,23)(H,22,25)/t14-,15?/m0/s1. The van der Waals surface area contributed by atoms with E-state index in [1.165, 1.54) is 6.20 Å². The van der Waals surface area contributed by atoms with E-state index in [2.05, 4.69) is 15.5 Å². The van der Waals surface area contributed by atoms with Crippen LogP contribution in [0.2, 0.25) is 5.02 Å². The van der Waals surface area contributed by atoms with Gasteiger partial charge in [0.15, 0.2) is 0 Å². The summed E-state index contributed by atoms with van der Waals surface area (Å²) in [5.41, 5.74) is 7.13. The molecular weight excluding hydrogens is 356 g/mol. The smallest absolute Gasteiger partial charge is 0.255 e. The van der Waals surface area contributed by atoms with Crippen LogP contribution in [0.1, 0.15) is 59.4 Å². The van der Waals surface area contributed by atoms with Gasteiger partial charge in [-0.25, -0.2) is 0 Å². The van der Waals surface area contributed by atoms with Crippen molar-refractivity contribution in [3.05, 3.63) is 52.3 Å². The van der Waals surface area contributed by atoms with Crippen LogP contribution in [0.5, 0.6) is 0 Å². The van der Waals surface area contributed by atoms with Gasteiger partial charge in [0, 0.05) is 11.6 Å². The van der Waals surface area contributed by atoms with E-state index < -0.39 is 11.9 Å². The highest BCUT2D eigenvalue weighted by Crippen LogP contribution is 2.29. The van der Waals surface area contributed by atoms with Crippen molar-refractivity contribution >= 4 is 23.4 Å². The predicted molar refractivity (Wildman–Crippen MR) is 96.6 cm³/mol. The molecule has 1 aromatic carbocycles. The molecule has 0 aliphatic carbocycles. The number of hydrogen-bond acceptors (Lipinski definition) is 4. The van der Waals surface area contributed by atoms with E-state index in [1.54, 1.807) is 24.3 Å². The van der Waals surface area contributed by atoms with Crippen molar-refractivity contribution in [1.82, 2.24) is 15.5 Å². The zero-order valence-electron chi connectivity index (χ0n) is 14.2. The molecule has 0 saturated carbocycles. The molecule has 1 aromatic heterocycles. The van der Waals surface area contributed by atoms with Gasteiger partial charge in [-0.1, -0.05) is 23.7 Å². The monoisotopic (exact) mass is 376 g/mol. The van der Waals surface area contributed by atoms with Crippen LogP contribution in [0.3, 0.4) is 0 Å². The normalized spacial score (nSPS) is 18.3. The molecule has 3 rings (SSSR count). The molecule has 2 amide bonds. The maximum Gasteiger partial charge on any atom is 0.255 e. The maximum atomic E-state index is 12.8. The minimum atomic E-state index is -0.575. The first kappa shape index (κ1) is 18.4. The van der Waals surface area contributed by atoms with Crippen molar-refractivity contribution < 1.29 is 14.3 Å². The number of aromatic amines is 1. The van der Waals surface area contributed by atoms with Crippen molar-refractivity contribution in [3.63, 3.8) is 0 Å². The lowest BCUT2D eigenvalue weighted by Gasteiger charge is -2.23. The minimum Gasteiger partial charge on any atom is -0.372 e. The fraction of sp³-hybridized carbons (Fsp3) is 0.389. The van der Waals surface area contributed by atoms with Crippen LogP contribution in [0.4, 0.5) is 0 Å². The molecule has 7 nitrogen and oxygen atoms in total. The first-order valence-electron chi connectivity index (χ1n) is 8.54. The van der Waals surface area contributed by atoms with Crippen LogP contribution in [-0.2, 0) is 9.53 Å². The Morgan fingerprint density at radius 2 is 2.27 bits per heavy atom. The zero-order chi connectivity index (χ0) is 18.5. The summed E-state index contributed by atoms with van der Waals surface area (Å²) in [6.45, 7) is 0.664. The summed E-state index contributed by atoms with van der Waals surface area (Å²) >= 11 is 6.03. The number of ether oxygens (including phenoxy) is 1. The number of carbonyl (C=O) groups excluding carboxylic acids is 2. The molecule has 0 spiro atoms. The van der Waals surface area contributed by atoms with Crippen molar-refractivity contribution in [2.45, 2.75) is 37.8 Å². The lowest BCUT2D eigenvalue weighted by Crippen LogP contribution is -2.32. The quantitative estimate of drug-likeness (QED) is 0.719. The van der Waals surface area contributed by atoms with E-state index >= 15 is 0 Å². The summed E-state index contributed by atoms with van der Waals surface area (Å²) in [5, 5.41) is 10.2. The molecule has 26 heavy (non-hydrogen) atoms. The van der Waals surface area contributed by atoms with Crippen LogP contribution in [0.15, 0.2) is 30.5 Å². The fourth-order valence-corrected chi connectivity index (χ4v) is 3.30. The molecule has 2 aromatic rings. The van der Waals surface area contributed by atoms with Gasteiger partial charge in [0.1, 0.15) is 0 Å². The second-order valence-electron chi connectivity index (χ2n) is 6.30. The van der Waals surface area contributed by atoms with Gasteiger partial charge in [0.25, 0.3) is 5.91 Å². The van der Waals surface area contributed by atoms with Gasteiger partial charge in [0.05, 0.1) is 36.0 Å². The number of benzene rings is 1. The summed E-state index contributed by atoms with van der Waals surface area (Å²) in [6.07, 6.45) is 4.16. The van der Waals surface area contributed by atoms with Gasteiger partial charge in [-0.3, -0.25) is 14.7 Å². The van der Waals surface area contributed by atoms with Crippen molar-refractivity contribution in [2.24, 2.45) is 5.73 Å². The summed E-state index contributed by atoms with van der Waals surface area (Å²) in [7, 11) is 0. The first-order chi connectivity index (χ1) is 12.5. The van der Waals surface area contributed by atoms with Gasteiger partial charge in [0.2, 0.25) is 5.91 Å². The molecule has 8 heteroatoms. The Morgan fingerprint density at radius 1 is 1.42 bits per heavy atom. The SMILES string of the molecule is NC(=O)C[C@H](NC(=O)c1cn[nH]c1C1CCCCO1)c1cccc(Cl)c1. The van der Waals surface area contributed by atoms with E-state index in [0.29, 0.717) is 28.5 Å². The third kappa shape index (κ3) is 4.42. The number of carbonyl (C=O) groups is 2. The number of hydrogen-bond donors (Lipinski definition) is 3. The number of aromatic nitrogens is 2. The zero-order valence-corrected chi connectivity index (χ0v) is 15.0. The number of H-pyrrole nitrogens is 1. The Morgan fingerprint density at radius 3 is 2.96 bits per heavy atom. The first-order valence-corrected chi connectivity index (χ1v) is 8.92. The van der Waals surface area contributed by atoms with Crippen molar-refractivity contribution in [1.29, 1.82) is 0 Å². The number of amides is 2. The topological polar surface area (TPSA) is 110 Å². The molecule has 1 aliphatic heterocycles. The highest BCUT2D eigenvalue weighted by atomic mass is 35.5. The molecule has 1 unspecified atom stereocenters. The lowest BCUT2D eigenvalue weighted by atomic mass is 10.0. The van der Waals surface area contributed by atoms with E-state index in [4.69, 9.17) is 22.1 Å². The number of rotatable bonds is 6. The van der Waals surface area contributed by atoms with Gasteiger partial charge in [-0.05, 0) is 37.0 Å². The highest BCUT2D eigenvalue weighted by Gasteiger charge is 2.26. The van der Waals surface area contributed by atoms with Crippen LogP contribution in [-0.4, -0.2) is 28.6 Å². The summed E-state index contributed by atoms with van der Waals surface area (Å²) in [5.74, 6) is -0.854. The van der Waals surface area contributed by atoms with Gasteiger partial charge < -0.3 is 15.8 Å². The second kappa shape index (κ2) is 8.33. The second-order valence-corrected chi connectivity index (χ2v) is 6.74. The van der Waals surface area contributed by atoms with Gasteiger partial charge >= 0.3 is 0 Å². The van der Waals surface area contributed by atoms with Crippen molar-refractivity contribution in [2.75, 3.05) is 6.61 Å². The molecule has 2 atom stereocenters. The summed E-state index contributed by atoms with van der Waals surface area (Å²) < 4.78 is 5.74. The van der Waals surface area contributed by atoms with Crippen molar-refractivity contribution in [3.8, 4) is 0 Å². The fourth-order valence-electron chi connectivity index (χ4n) is 3.10. The number of halogens is 1. The highest BCUT2D eigenvalue weighted by molar-refractivity contribution is 6.30.